The zero-order valence-electron chi connectivity index (χ0n) is 50.0. The van der Waals surface area contributed by atoms with Gasteiger partial charge in [-0.05, 0) is 103 Å². The van der Waals surface area contributed by atoms with Gasteiger partial charge in [0.05, 0.1) is 0 Å². The Labute approximate surface area is 470 Å². The fourth-order valence-electron chi connectivity index (χ4n) is 9.01. The second-order valence-corrected chi connectivity index (χ2v) is 21.3. The van der Waals surface area contributed by atoms with Gasteiger partial charge in [0.25, 0.3) is 0 Å². The van der Waals surface area contributed by atoms with Crippen LogP contribution in [0.5, 0.6) is 0 Å². The van der Waals surface area contributed by atoms with Crippen LogP contribution in [0.1, 0.15) is 310 Å². The molecule has 1 atom stereocenters. The van der Waals surface area contributed by atoms with Crippen molar-refractivity contribution in [2.24, 2.45) is 0 Å². The lowest BCUT2D eigenvalue weighted by Crippen LogP contribution is -2.30. The van der Waals surface area contributed by atoms with Crippen LogP contribution in [0.4, 0.5) is 0 Å². The summed E-state index contributed by atoms with van der Waals surface area (Å²) in [5.74, 6) is -0.933. The molecule has 0 radical (unpaired) electrons. The van der Waals surface area contributed by atoms with Crippen LogP contribution in [0, 0.1) is 0 Å². The Balaban J connectivity index is 4.46. The molecule has 0 spiro atoms. The van der Waals surface area contributed by atoms with Gasteiger partial charge in [0, 0.05) is 19.3 Å². The molecule has 0 saturated carbocycles. The van der Waals surface area contributed by atoms with E-state index in [1.807, 2.05) is 0 Å². The van der Waals surface area contributed by atoms with Crippen molar-refractivity contribution in [3.63, 3.8) is 0 Å². The molecule has 0 aliphatic rings. The minimum atomic E-state index is -0.800. The quantitative estimate of drug-likeness (QED) is 0.0261. The SMILES string of the molecule is CC/C=C\C/C=C\C/C=C\C/C=C\C/C=C\C/C=C\CCCCC(=O)OCC(COC(=O)CCCCCCCCC/C=C\C/C=C\CCCCCC)OC(=O)CCCCCCCCCCCCCCCCCCCCC. The van der Waals surface area contributed by atoms with E-state index in [1.165, 1.54) is 161 Å². The molecule has 6 nitrogen and oxygen atoms in total. The van der Waals surface area contributed by atoms with Gasteiger partial charge in [0.2, 0.25) is 0 Å². The van der Waals surface area contributed by atoms with Crippen LogP contribution in [0.3, 0.4) is 0 Å². The average Bonchev–Trinajstić information content (AvgIpc) is 3.42. The number of hydrogen-bond acceptors (Lipinski definition) is 6. The maximum absolute atomic E-state index is 12.9. The third kappa shape index (κ3) is 61.2. The van der Waals surface area contributed by atoms with Crippen LogP contribution in [-0.2, 0) is 28.6 Å². The first kappa shape index (κ1) is 72.3. The van der Waals surface area contributed by atoms with E-state index >= 15 is 0 Å². The first-order chi connectivity index (χ1) is 37.5. The van der Waals surface area contributed by atoms with Crippen molar-refractivity contribution < 1.29 is 28.6 Å². The monoisotopic (exact) mass is 1060 g/mol. The summed E-state index contributed by atoms with van der Waals surface area (Å²) in [6, 6.07) is 0. The first-order valence-electron chi connectivity index (χ1n) is 32.2. The van der Waals surface area contributed by atoms with Crippen LogP contribution in [0.15, 0.2) is 97.2 Å². The summed E-state index contributed by atoms with van der Waals surface area (Å²) >= 11 is 0. The predicted octanol–water partition coefficient (Wildman–Crippen LogP) is 22.0. The van der Waals surface area contributed by atoms with E-state index < -0.39 is 6.10 Å². The normalized spacial score (nSPS) is 12.7. The van der Waals surface area contributed by atoms with Gasteiger partial charge in [-0.1, -0.05) is 285 Å². The second-order valence-electron chi connectivity index (χ2n) is 21.3. The molecule has 0 saturated heterocycles. The molecule has 0 N–H and O–H groups in total. The van der Waals surface area contributed by atoms with Gasteiger partial charge in [0.15, 0.2) is 6.10 Å². The molecule has 0 heterocycles. The van der Waals surface area contributed by atoms with E-state index in [2.05, 4.69) is 118 Å². The van der Waals surface area contributed by atoms with Gasteiger partial charge in [-0.15, -0.1) is 0 Å². The van der Waals surface area contributed by atoms with E-state index in [0.29, 0.717) is 19.3 Å². The molecule has 6 heteroatoms. The number of allylic oxidation sites excluding steroid dienone is 16. The molecule has 0 fully saturated rings. The van der Waals surface area contributed by atoms with Gasteiger partial charge in [-0.3, -0.25) is 14.4 Å². The van der Waals surface area contributed by atoms with Crippen molar-refractivity contribution in [2.75, 3.05) is 13.2 Å². The summed E-state index contributed by atoms with van der Waals surface area (Å²) in [7, 11) is 0. The molecule has 0 rings (SSSR count). The standard InChI is InChI=1S/C70H120O6/c1-4-7-10-13-16-19-22-25-28-31-34-35-37-39-42-45-48-51-54-57-60-63-69(72)75-66-67(65-74-68(71)62-59-56-53-50-47-44-41-38-33-30-27-24-21-18-15-12-9-6-3)76-70(73)64-61-58-55-52-49-46-43-40-36-32-29-26-23-20-17-14-11-8-5-2/h7,10,16,19,21,24-25,28,30,33-35,39,42,48,51,67H,4-6,8-9,11-15,17-18,20,22-23,26-27,29,31-32,36-38,40-41,43-47,49-50,52-66H2,1-3H3/b10-7-,19-16-,24-21-,28-25-,33-30-,35-34-,42-39-,51-48-. The zero-order chi connectivity index (χ0) is 55.0. The van der Waals surface area contributed by atoms with Crippen molar-refractivity contribution >= 4 is 17.9 Å². The Morgan fingerprint density at radius 3 is 0.842 bits per heavy atom. The number of unbranched alkanes of at least 4 members (excludes halogenated alkanes) is 31. The van der Waals surface area contributed by atoms with Crippen molar-refractivity contribution in [3.05, 3.63) is 97.2 Å². The number of carbonyl (C=O) groups excluding carboxylic acids is 3. The summed E-state index contributed by atoms with van der Waals surface area (Å²) in [5.41, 5.74) is 0. The Morgan fingerprint density at radius 1 is 0.276 bits per heavy atom. The van der Waals surface area contributed by atoms with E-state index in [-0.39, 0.29) is 31.1 Å². The molecular formula is C70H120O6. The summed E-state index contributed by atoms with van der Waals surface area (Å²) < 4.78 is 16.9. The Kier molecular flexibility index (Phi) is 60.8. The molecule has 0 aromatic heterocycles. The highest BCUT2D eigenvalue weighted by atomic mass is 16.6. The van der Waals surface area contributed by atoms with Gasteiger partial charge >= 0.3 is 17.9 Å². The third-order valence-electron chi connectivity index (χ3n) is 13.8. The molecule has 0 aromatic carbocycles. The Bertz CT molecular complexity index is 1490. The molecule has 436 valence electrons. The number of ether oxygens (including phenoxy) is 3. The Morgan fingerprint density at radius 2 is 0.513 bits per heavy atom. The van der Waals surface area contributed by atoms with Crippen LogP contribution in [-0.4, -0.2) is 37.2 Å². The lowest BCUT2D eigenvalue weighted by Gasteiger charge is -2.18. The summed E-state index contributed by atoms with van der Waals surface area (Å²) in [4.78, 5) is 38.3. The average molecular weight is 1060 g/mol. The summed E-state index contributed by atoms with van der Waals surface area (Å²) in [5, 5.41) is 0. The van der Waals surface area contributed by atoms with E-state index in [4.69, 9.17) is 14.2 Å². The largest absolute Gasteiger partial charge is 0.462 e. The van der Waals surface area contributed by atoms with Gasteiger partial charge < -0.3 is 14.2 Å². The molecule has 1 unspecified atom stereocenters. The van der Waals surface area contributed by atoms with Crippen LogP contribution in [0.25, 0.3) is 0 Å². The summed E-state index contributed by atoms with van der Waals surface area (Å²) in [6.07, 6.45) is 85.5. The fraction of sp³-hybridized carbons (Fsp3) is 0.729. The predicted molar refractivity (Wildman–Crippen MR) is 330 cm³/mol. The minimum absolute atomic E-state index is 0.0937. The number of carbonyl (C=O) groups is 3. The highest BCUT2D eigenvalue weighted by Gasteiger charge is 2.19. The van der Waals surface area contributed by atoms with Gasteiger partial charge in [-0.25, -0.2) is 0 Å². The van der Waals surface area contributed by atoms with E-state index in [0.717, 1.165) is 109 Å². The number of rotatable bonds is 58. The van der Waals surface area contributed by atoms with Crippen LogP contribution < -0.4 is 0 Å². The fourth-order valence-corrected chi connectivity index (χ4v) is 9.01. The van der Waals surface area contributed by atoms with Gasteiger partial charge in [-0.2, -0.15) is 0 Å². The highest BCUT2D eigenvalue weighted by Crippen LogP contribution is 2.17. The van der Waals surface area contributed by atoms with Gasteiger partial charge in [0.1, 0.15) is 13.2 Å². The van der Waals surface area contributed by atoms with E-state index in [9.17, 15) is 14.4 Å². The highest BCUT2D eigenvalue weighted by molar-refractivity contribution is 5.71. The van der Waals surface area contributed by atoms with Crippen molar-refractivity contribution in [2.45, 2.75) is 316 Å². The number of hydrogen-bond donors (Lipinski definition) is 0. The minimum Gasteiger partial charge on any atom is -0.462 e. The molecule has 76 heavy (non-hydrogen) atoms. The van der Waals surface area contributed by atoms with Crippen LogP contribution >= 0.6 is 0 Å². The topological polar surface area (TPSA) is 78.9 Å². The van der Waals surface area contributed by atoms with Crippen molar-refractivity contribution in [1.82, 2.24) is 0 Å². The molecule has 0 aliphatic heterocycles. The number of esters is 3. The maximum Gasteiger partial charge on any atom is 0.306 e. The zero-order valence-corrected chi connectivity index (χ0v) is 50.0. The third-order valence-corrected chi connectivity index (χ3v) is 13.8. The van der Waals surface area contributed by atoms with Crippen LogP contribution in [0.2, 0.25) is 0 Å². The molecule has 0 bridgehead atoms. The van der Waals surface area contributed by atoms with Crippen molar-refractivity contribution in [1.29, 1.82) is 0 Å². The molecule has 0 aromatic rings. The van der Waals surface area contributed by atoms with Crippen molar-refractivity contribution in [3.8, 4) is 0 Å². The second kappa shape index (κ2) is 63.9. The molecule has 0 aliphatic carbocycles. The molecular weight excluding hydrogens is 937 g/mol. The summed E-state index contributed by atoms with van der Waals surface area (Å²) in [6.45, 7) is 6.50. The maximum atomic E-state index is 12.9. The lowest BCUT2D eigenvalue weighted by atomic mass is 10.0. The lowest BCUT2D eigenvalue weighted by molar-refractivity contribution is -0.167. The first-order valence-corrected chi connectivity index (χ1v) is 32.2. The smallest absolute Gasteiger partial charge is 0.306 e. The molecule has 0 amide bonds. The Hall–Kier alpha value is -3.67. The van der Waals surface area contributed by atoms with E-state index in [1.54, 1.807) is 0 Å².